The lowest BCUT2D eigenvalue weighted by Crippen LogP contribution is -2.15. The highest BCUT2D eigenvalue weighted by molar-refractivity contribution is 5.51. The zero-order valence-corrected chi connectivity index (χ0v) is 11.0. The van der Waals surface area contributed by atoms with E-state index in [-0.39, 0.29) is 5.82 Å². The lowest BCUT2D eigenvalue weighted by atomic mass is 10.1. The number of hydrogen-bond donors (Lipinski definition) is 1. The summed E-state index contributed by atoms with van der Waals surface area (Å²) in [5.41, 5.74) is 1.45. The number of aryl methyl sites for hydroxylation is 2. The van der Waals surface area contributed by atoms with Gasteiger partial charge in [-0.2, -0.15) is 0 Å². The first-order valence-electron chi connectivity index (χ1n) is 6.65. The third kappa shape index (κ3) is 2.32. The van der Waals surface area contributed by atoms with Crippen LogP contribution in [0.3, 0.4) is 0 Å². The Morgan fingerprint density at radius 3 is 3.05 bits per heavy atom. The van der Waals surface area contributed by atoms with E-state index in [0.29, 0.717) is 12.2 Å². The normalized spacial score (nSPS) is 14.2. The van der Waals surface area contributed by atoms with Gasteiger partial charge in [0.2, 0.25) is 0 Å². The minimum atomic E-state index is -0.224. The second-order valence-electron chi connectivity index (χ2n) is 4.93. The maximum atomic E-state index is 13.7. The van der Waals surface area contributed by atoms with E-state index in [0.717, 1.165) is 36.6 Å². The summed E-state index contributed by atoms with van der Waals surface area (Å²) in [6.45, 7) is 3.37. The molecule has 1 aromatic heterocycles. The van der Waals surface area contributed by atoms with Crippen molar-refractivity contribution in [3.05, 3.63) is 41.2 Å². The molecule has 5 heteroatoms. The molecule has 0 aliphatic carbocycles. The van der Waals surface area contributed by atoms with Gasteiger partial charge in [-0.1, -0.05) is 12.1 Å². The molecule has 1 aliphatic rings. The quantitative estimate of drug-likeness (QED) is 0.922. The van der Waals surface area contributed by atoms with Gasteiger partial charge in [-0.25, -0.2) is 4.39 Å². The number of para-hydroxylation sites is 1. The van der Waals surface area contributed by atoms with Crippen LogP contribution in [0.1, 0.15) is 30.1 Å². The Balaban J connectivity index is 1.78. The van der Waals surface area contributed by atoms with Crippen molar-refractivity contribution < 1.29 is 4.39 Å². The summed E-state index contributed by atoms with van der Waals surface area (Å²) >= 11 is 0. The number of nitrogens with zero attached hydrogens (tertiary/aromatic N) is 3. The van der Waals surface area contributed by atoms with Crippen LogP contribution >= 0.6 is 0 Å². The molecule has 0 bridgehead atoms. The summed E-state index contributed by atoms with van der Waals surface area (Å²) < 4.78 is 15.9. The highest BCUT2D eigenvalue weighted by atomic mass is 19.1. The van der Waals surface area contributed by atoms with Gasteiger partial charge in [0.15, 0.2) is 5.82 Å². The Morgan fingerprint density at radius 1 is 1.32 bits per heavy atom. The molecule has 0 radical (unpaired) electrons. The van der Waals surface area contributed by atoms with E-state index in [1.54, 1.807) is 6.07 Å². The number of hydrogen-bond acceptors (Lipinski definition) is 3. The lowest BCUT2D eigenvalue weighted by molar-refractivity contribution is 0.509. The molecular formula is C14H17FN4. The van der Waals surface area contributed by atoms with Crippen molar-refractivity contribution >= 4 is 5.69 Å². The Morgan fingerprint density at radius 2 is 2.21 bits per heavy atom. The first-order chi connectivity index (χ1) is 9.25. The Bertz CT molecular complexity index is 571. The van der Waals surface area contributed by atoms with Gasteiger partial charge in [0, 0.05) is 13.0 Å². The van der Waals surface area contributed by atoms with Crippen LogP contribution in [0.2, 0.25) is 0 Å². The van der Waals surface area contributed by atoms with Crippen molar-refractivity contribution in [2.45, 2.75) is 39.3 Å². The molecule has 3 rings (SSSR count). The minimum absolute atomic E-state index is 0.224. The molecule has 19 heavy (non-hydrogen) atoms. The summed E-state index contributed by atoms with van der Waals surface area (Å²) in [7, 11) is 0. The Labute approximate surface area is 111 Å². The van der Waals surface area contributed by atoms with Crippen LogP contribution in [0.15, 0.2) is 18.2 Å². The van der Waals surface area contributed by atoms with Crippen LogP contribution in [0.5, 0.6) is 0 Å². The van der Waals surface area contributed by atoms with Crippen LogP contribution in [0.25, 0.3) is 0 Å². The molecule has 0 amide bonds. The van der Waals surface area contributed by atoms with Crippen LogP contribution in [0, 0.1) is 12.7 Å². The molecule has 2 heterocycles. The molecule has 2 aromatic rings. The zero-order chi connectivity index (χ0) is 13.2. The molecule has 1 aliphatic heterocycles. The van der Waals surface area contributed by atoms with Crippen LogP contribution in [-0.4, -0.2) is 14.8 Å². The van der Waals surface area contributed by atoms with Crippen molar-refractivity contribution in [1.29, 1.82) is 0 Å². The van der Waals surface area contributed by atoms with Gasteiger partial charge in [0.25, 0.3) is 0 Å². The monoisotopic (exact) mass is 260 g/mol. The maximum absolute atomic E-state index is 13.7. The molecule has 100 valence electrons. The van der Waals surface area contributed by atoms with E-state index >= 15 is 0 Å². The SMILES string of the molecule is Cc1cccc(F)c1NCc1nnc2n1CCCC2. The standard InChI is InChI=1S/C14H17FN4/c1-10-5-4-6-11(15)14(10)16-9-13-18-17-12-7-2-3-8-19(12)13/h4-6,16H,2-3,7-9H2,1H3. The Kier molecular flexibility index (Phi) is 3.19. The fraction of sp³-hybridized carbons (Fsp3) is 0.429. The summed E-state index contributed by atoms with van der Waals surface area (Å²) in [6.07, 6.45) is 3.33. The Hall–Kier alpha value is -1.91. The van der Waals surface area contributed by atoms with Gasteiger partial charge < -0.3 is 9.88 Å². The maximum Gasteiger partial charge on any atom is 0.152 e. The molecule has 0 saturated heterocycles. The predicted molar refractivity (Wildman–Crippen MR) is 71.4 cm³/mol. The van der Waals surface area contributed by atoms with Crippen molar-refractivity contribution in [3.8, 4) is 0 Å². The molecule has 0 fully saturated rings. The number of anilines is 1. The lowest BCUT2D eigenvalue weighted by Gasteiger charge is -2.15. The van der Waals surface area contributed by atoms with Crippen molar-refractivity contribution in [3.63, 3.8) is 0 Å². The highest BCUT2D eigenvalue weighted by Crippen LogP contribution is 2.20. The van der Waals surface area contributed by atoms with Crippen LogP contribution < -0.4 is 5.32 Å². The summed E-state index contributed by atoms with van der Waals surface area (Å²) in [5, 5.41) is 11.5. The number of aromatic nitrogens is 3. The van der Waals surface area contributed by atoms with E-state index < -0.39 is 0 Å². The molecule has 0 atom stereocenters. The largest absolute Gasteiger partial charge is 0.375 e. The summed E-state index contributed by atoms with van der Waals surface area (Å²) in [6, 6.07) is 5.08. The van der Waals surface area contributed by atoms with Crippen LogP contribution in [0.4, 0.5) is 10.1 Å². The van der Waals surface area contributed by atoms with Gasteiger partial charge in [0.1, 0.15) is 11.6 Å². The minimum Gasteiger partial charge on any atom is -0.375 e. The van der Waals surface area contributed by atoms with E-state index in [4.69, 9.17) is 0 Å². The van der Waals surface area contributed by atoms with Crippen molar-refractivity contribution in [1.82, 2.24) is 14.8 Å². The van der Waals surface area contributed by atoms with E-state index in [2.05, 4.69) is 20.1 Å². The molecule has 0 spiro atoms. The number of halogens is 1. The highest BCUT2D eigenvalue weighted by Gasteiger charge is 2.15. The van der Waals surface area contributed by atoms with E-state index in [1.807, 2.05) is 13.0 Å². The number of rotatable bonds is 3. The summed E-state index contributed by atoms with van der Waals surface area (Å²) in [5.74, 6) is 1.71. The second-order valence-corrected chi connectivity index (χ2v) is 4.93. The first kappa shape index (κ1) is 12.1. The van der Waals surface area contributed by atoms with Gasteiger partial charge in [-0.05, 0) is 31.4 Å². The number of benzene rings is 1. The number of fused-ring (bicyclic) bond motifs is 1. The average Bonchev–Trinajstić information content (AvgIpc) is 2.82. The molecular weight excluding hydrogens is 243 g/mol. The van der Waals surface area contributed by atoms with E-state index in [9.17, 15) is 4.39 Å². The first-order valence-corrected chi connectivity index (χ1v) is 6.65. The predicted octanol–water partition coefficient (Wildman–Crippen LogP) is 2.67. The molecule has 0 saturated carbocycles. The fourth-order valence-corrected chi connectivity index (χ4v) is 2.52. The topological polar surface area (TPSA) is 42.7 Å². The van der Waals surface area contributed by atoms with Gasteiger partial charge in [-0.3, -0.25) is 0 Å². The van der Waals surface area contributed by atoms with Gasteiger partial charge in [-0.15, -0.1) is 10.2 Å². The third-order valence-electron chi connectivity index (χ3n) is 3.58. The zero-order valence-electron chi connectivity index (χ0n) is 11.0. The third-order valence-corrected chi connectivity index (χ3v) is 3.58. The molecule has 4 nitrogen and oxygen atoms in total. The molecule has 0 unspecified atom stereocenters. The smallest absolute Gasteiger partial charge is 0.152 e. The van der Waals surface area contributed by atoms with Crippen molar-refractivity contribution in [2.24, 2.45) is 0 Å². The molecule has 1 aromatic carbocycles. The van der Waals surface area contributed by atoms with Gasteiger partial charge >= 0.3 is 0 Å². The van der Waals surface area contributed by atoms with Crippen molar-refractivity contribution in [2.75, 3.05) is 5.32 Å². The second kappa shape index (κ2) is 4.99. The van der Waals surface area contributed by atoms with Gasteiger partial charge in [0.05, 0.1) is 12.2 Å². The molecule has 1 N–H and O–H groups in total. The summed E-state index contributed by atoms with van der Waals surface area (Å²) in [4.78, 5) is 0. The average molecular weight is 260 g/mol. The number of nitrogens with one attached hydrogen (secondary N) is 1. The fourth-order valence-electron chi connectivity index (χ4n) is 2.52. The van der Waals surface area contributed by atoms with Crippen LogP contribution in [-0.2, 0) is 19.5 Å². The van der Waals surface area contributed by atoms with E-state index in [1.165, 1.54) is 12.5 Å².